The van der Waals surface area contributed by atoms with E-state index >= 15 is 0 Å². The Kier molecular flexibility index (Phi) is 5.25. The van der Waals surface area contributed by atoms with Gasteiger partial charge in [-0.25, -0.2) is 4.98 Å². The number of rotatable bonds is 7. The smallest absolute Gasteiger partial charge is 0.340 e. The first-order valence-electron chi connectivity index (χ1n) is 7.23. The summed E-state index contributed by atoms with van der Waals surface area (Å²) in [4.78, 5) is 4.23. The fourth-order valence-corrected chi connectivity index (χ4v) is 3.58. The molecule has 25 heavy (non-hydrogen) atoms. The Bertz CT molecular complexity index is 926. The summed E-state index contributed by atoms with van der Waals surface area (Å²) in [6, 6.07) is 13.1. The Morgan fingerprint density at radius 1 is 1.16 bits per heavy atom. The van der Waals surface area contributed by atoms with Crippen molar-refractivity contribution in [1.29, 1.82) is 0 Å². The molecule has 9 heteroatoms. The van der Waals surface area contributed by atoms with Crippen LogP contribution in [0.15, 0.2) is 64.6 Å². The fourth-order valence-electron chi connectivity index (χ4n) is 1.94. The summed E-state index contributed by atoms with van der Waals surface area (Å²) < 4.78 is 34.6. The Balaban J connectivity index is 1.65. The highest BCUT2D eigenvalue weighted by atomic mass is 32.2. The minimum Gasteiger partial charge on any atom is -0.497 e. The van der Waals surface area contributed by atoms with Gasteiger partial charge in [-0.1, -0.05) is 6.07 Å². The highest BCUT2D eigenvalue weighted by Gasteiger charge is 2.18. The number of ether oxygens (including phenoxy) is 1. The molecule has 0 aliphatic rings. The van der Waals surface area contributed by atoms with Gasteiger partial charge >= 0.3 is 10.1 Å². The molecule has 0 unspecified atom stereocenters. The summed E-state index contributed by atoms with van der Waals surface area (Å²) in [5.74, 6) is 1.12. The lowest BCUT2D eigenvalue weighted by Gasteiger charge is -2.05. The molecule has 130 valence electrons. The highest BCUT2D eigenvalue weighted by Crippen LogP contribution is 2.23. The number of thioether (sulfide) groups is 1. The largest absolute Gasteiger partial charge is 0.497 e. The van der Waals surface area contributed by atoms with E-state index in [9.17, 15) is 8.42 Å². The van der Waals surface area contributed by atoms with Crippen LogP contribution in [-0.4, -0.2) is 30.7 Å². The van der Waals surface area contributed by atoms with E-state index in [1.807, 2.05) is 18.2 Å². The molecule has 0 aliphatic carbocycles. The third-order valence-electron chi connectivity index (χ3n) is 3.16. The van der Waals surface area contributed by atoms with Gasteiger partial charge in [-0.3, -0.25) is 5.10 Å². The molecule has 0 fully saturated rings. The van der Waals surface area contributed by atoms with Gasteiger partial charge in [-0.05, 0) is 36.4 Å². The fraction of sp³-hybridized carbons (Fsp3) is 0.125. The Morgan fingerprint density at radius 3 is 2.64 bits per heavy atom. The van der Waals surface area contributed by atoms with Crippen LogP contribution in [0.3, 0.4) is 0 Å². The lowest BCUT2D eigenvalue weighted by Crippen LogP contribution is -2.09. The zero-order valence-corrected chi connectivity index (χ0v) is 14.9. The highest BCUT2D eigenvalue weighted by molar-refractivity contribution is 7.98. The molecule has 1 aromatic carbocycles. The minimum absolute atomic E-state index is 0.00700. The molecule has 2 aromatic heterocycles. The summed E-state index contributed by atoms with van der Waals surface area (Å²) in [6.45, 7) is 0. The summed E-state index contributed by atoms with van der Waals surface area (Å²) >= 11 is 1.50. The first kappa shape index (κ1) is 17.3. The molecule has 0 atom stereocenters. The second kappa shape index (κ2) is 7.58. The van der Waals surface area contributed by atoms with Crippen molar-refractivity contribution in [3.8, 4) is 11.6 Å². The monoisotopic (exact) mass is 377 g/mol. The second-order valence-corrected chi connectivity index (χ2v) is 7.44. The number of H-pyrrole nitrogens is 1. The van der Waals surface area contributed by atoms with E-state index < -0.39 is 10.1 Å². The number of pyridine rings is 1. The average molecular weight is 377 g/mol. The third-order valence-corrected chi connectivity index (χ3v) is 5.40. The quantitative estimate of drug-likeness (QED) is 0.500. The number of nitrogens with zero attached hydrogens (tertiary/aromatic N) is 2. The number of methoxy groups -OCH3 is 1. The maximum absolute atomic E-state index is 12.3. The Labute approximate surface area is 149 Å². The van der Waals surface area contributed by atoms with E-state index in [4.69, 9.17) is 8.92 Å². The number of nitrogens with one attached hydrogen (secondary N) is 1. The van der Waals surface area contributed by atoms with Gasteiger partial charge < -0.3 is 8.92 Å². The molecule has 1 N–H and O–H groups in total. The molecular formula is C16H15N3O4S2. The van der Waals surface area contributed by atoms with Gasteiger partial charge in [0, 0.05) is 23.7 Å². The Morgan fingerprint density at radius 2 is 1.96 bits per heavy atom. The van der Waals surface area contributed by atoms with E-state index in [2.05, 4.69) is 15.2 Å². The summed E-state index contributed by atoms with van der Waals surface area (Å²) in [5, 5.41) is 7.51. The van der Waals surface area contributed by atoms with Crippen molar-refractivity contribution in [3.63, 3.8) is 0 Å². The molecule has 0 saturated carbocycles. The molecule has 0 radical (unpaired) electrons. The predicted octanol–water partition coefficient (Wildman–Crippen LogP) is 2.87. The molecule has 0 spiro atoms. The second-order valence-electron chi connectivity index (χ2n) is 4.90. The van der Waals surface area contributed by atoms with Crippen molar-refractivity contribution < 1.29 is 17.3 Å². The number of aromatic nitrogens is 3. The van der Waals surface area contributed by atoms with E-state index in [0.29, 0.717) is 11.5 Å². The maximum Gasteiger partial charge on any atom is 0.340 e. The van der Waals surface area contributed by atoms with Crippen LogP contribution < -0.4 is 8.92 Å². The van der Waals surface area contributed by atoms with E-state index in [1.54, 1.807) is 24.4 Å². The van der Waals surface area contributed by atoms with Crippen LogP contribution in [0.1, 0.15) is 5.69 Å². The molecule has 2 heterocycles. The van der Waals surface area contributed by atoms with Crippen molar-refractivity contribution in [1.82, 2.24) is 15.2 Å². The van der Waals surface area contributed by atoms with Crippen molar-refractivity contribution in [2.24, 2.45) is 0 Å². The van der Waals surface area contributed by atoms with E-state index in [-0.39, 0.29) is 10.8 Å². The van der Waals surface area contributed by atoms with Crippen molar-refractivity contribution in [2.45, 2.75) is 15.7 Å². The van der Waals surface area contributed by atoms with Crippen LogP contribution in [0.2, 0.25) is 0 Å². The predicted molar refractivity (Wildman–Crippen MR) is 93.2 cm³/mol. The van der Waals surface area contributed by atoms with E-state index in [1.165, 1.54) is 31.0 Å². The molecule has 0 amide bonds. The Hall–Kier alpha value is -2.52. The van der Waals surface area contributed by atoms with Crippen LogP contribution >= 0.6 is 11.8 Å². The standard InChI is InChI=1S/C16H15N3O4S2/c1-22-13-5-7-14(8-6-13)25(20,21)23-15-10-12(18-19-15)11-24-16-4-2-3-9-17-16/h2-10H,11H2,1H3,(H,18,19). The number of aromatic amines is 1. The van der Waals surface area contributed by atoms with Gasteiger partial charge in [0.1, 0.15) is 10.6 Å². The molecular weight excluding hydrogens is 362 g/mol. The lowest BCUT2D eigenvalue weighted by molar-refractivity contribution is 0.414. The van der Waals surface area contributed by atoms with Gasteiger partial charge in [0.2, 0.25) is 0 Å². The van der Waals surface area contributed by atoms with Crippen LogP contribution in [0.5, 0.6) is 11.6 Å². The zero-order valence-electron chi connectivity index (χ0n) is 13.2. The topological polar surface area (TPSA) is 94.2 Å². The number of benzene rings is 1. The average Bonchev–Trinajstić information content (AvgIpc) is 3.07. The maximum atomic E-state index is 12.3. The number of hydrogen-bond donors (Lipinski definition) is 1. The normalized spacial score (nSPS) is 11.2. The van der Waals surface area contributed by atoms with Gasteiger partial charge in [0.25, 0.3) is 5.88 Å². The first-order valence-corrected chi connectivity index (χ1v) is 9.63. The van der Waals surface area contributed by atoms with Gasteiger partial charge in [-0.2, -0.15) is 8.42 Å². The van der Waals surface area contributed by atoms with Gasteiger partial charge in [0.15, 0.2) is 0 Å². The van der Waals surface area contributed by atoms with Gasteiger partial charge in [0.05, 0.1) is 12.1 Å². The van der Waals surface area contributed by atoms with Crippen LogP contribution in [0, 0.1) is 0 Å². The van der Waals surface area contributed by atoms with Gasteiger partial charge in [-0.15, -0.1) is 16.9 Å². The molecule has 0 aliphatic heterocycles. The lowest BCUT2D eigenvalue weighted by atomic mass is 10.3. The number of hydrogen-bond acceptors (Lipinski definition) is 7. The van der Waals surface area contributed by atoms with Crippen LogP contribution in [0.25, 0.3) is 0 Å². The summed E-state index contributed by atoms with van der Waals surface area (Å²) in [7, 11) is -2.44. The minimum atomic E-state index is -3.95. The third kappa shape index (κ3) is 4.52. The zero-order chi connectivity index (χ0) is 17.7. The summed E-state index contributed by atoms with van der Waals surface area (Å²) in [6.07, 6.45) is 1.71. The first-order chi connectivity index (χ1) is 12.1. The molecule has 0 saturated heterocycles. The SMILES string of the molecule is COc1ccc(S(=O)(=O)Oc2cc(CSc3ccccn3)[nH]n2)cc1. The molecule has 0 bridgehead atoms. The van der Waals surface area contributed by atoms with Crippen LogP contribution in [0.4, 0.5) is 0 Å². The van der Waals surface area contributed by atoms with Crippen molar-refractivity contribution in [3.05, 3.63) is 60.4 Å². The van der Waals surface area contributed by atoms with Crippen molar-refractivity contribution in [2.75, 3.05) is 7.11 Å². The molecule has 7 nitrogen and oxygen atoms in total. The van der Waals surface area contributed by atoms with Crippen molar-refractivity contribution >= 4 is 21.9 Å². The molecule has 3 aromatic rings. The van der Waals surface area contributed by atoms with Crippen LogP contribution in [-0.2, 0) is 15.9 Å². The molecule has 3 rings (SSSR count). The summed E-state index contributed by atoms with van der Waals surface area (Å²) in [5.41, 5.74) is 0.732. The van der Waals surface area contributed by atoms with E-state index in [0.717, 1.165) is 10.7 Å².